The molecule has 2 aliphatic heterocycles. The summed E-state index contributed by atoms with van der Waals surface area (Å²) >= 11 is 0. The van der Waals surface area contributed by atoms with Crippen LogP contribution in [-0.4, -0.2) is 47.6 Å². The zero-order chi connectivity index (χ0) is 19.7. The number of aryl methyl sites for hydroxylation is 1. The number of benzene rings is 2. The van der Waals surface area contributed by atoms with E-state index in [9.17, 15) is 14.7 Å². The Morgan fingerprint density at radius 3 is 2.68 bits per heavy atom. The molecule has 0 aliphatic carbocycles. The third kappa shape index (κ3) is 3.54. The fourth-order valence-electron chi connectivity index (χ4n) is 3.82. The molecule has 6 nitrogen and oxygen atoms in total. The Labute approximate surface area is 164 Å². The van der Waals surface area contributed by atoms with Crippen molar-refractivity contribution in [3.05, 3.63) is 54.1 Å². The third-order valence-corrected chi connectivity index (χ3v) is 5.42. The van der Waals surface area contributed by atoms with Crippen LogP contribution in [0.5, 0.6) is 11.5 Å². The van der Waals surface area contributed by atoms with Gasteiger partial charge < -0.3 is 19.6 Å². The van der Waals surface area contributed by atoms with Gasteiger partial charge in [-0.05, 0) is 30.2 Å². The average Bonchev–Trinajstić information content (AvgIpc) is 3.06. The molecular weight excluding hydrogens is 356 g/mol. The van der Waals surface area contributed by atoms with Crippen LogP contribution in [0.25, 0.3) is 0 Å². The summed E-state index contributed by atoms with van der Waals surface area (Å²) in [6, 6.07) is 14.5. The fourth-order valence-corrected chi connectivity index (χ4v) is 3.82. The van der Waals surface area contributed by atoms with E-state index in [1.54, 1.807) is 34.1 Å². The van der Waals surface area contributed by atoms with E-state index in [0.29, 0.717) is 25.3 Å². The average molecular weight is 380 g/mol. The molecule has 2 saturated heterocycles. The molecule has 0 saturated carbocycles. The zero-order valence-electron chi connectivity index (χ0n) is 15.9. The predicted molar refractivity (Wildman–Crippen MR) is 105 cm³/mol. The molecule has 2 heterocycles. The highest BCUT2D eigenvalue weighted by atomic mass is 16.5. The molecule has 146 valence electrons. The first-order chi connectivity index (χ1) is 13.5. The topological polar surface area (TPSA) is 70.1 Å². The number of para-hydroxylation sites is 1. The minimum absolute atomic E-state index is 0.000343. The molecule has 0 spiro atoms. The quantitative estimate of drug-likeness (QED) is 0.866. The van der Waals surface area contributed by atoms with Crippen LogP contribution in [0.1, 0.15) is 18.9 Å². The maximum absolute atomic E-state index is 12.8. The molecule has 2 aliphatic rings. The molecule has 2 fully saturated rings. The molecule has 28 heavy (non-hydrogen) atoms. The van der Waals surface area contributed by atoms with Gasteiger partial charge >= 0.3 is 0 Å². The van der Waals surface area contributed by atoms with E-state index < -0.39 is 0 Å². The number of aromatic hydroxyl groups is 1. The van der Waals surface area contributed by atoms with Gasteiger partial charge in [-0.1, -0.05) is 31.2 Å². The van der Waals surface area contributed by atoms with Gasteiger partial charge in [0.05, 0.1) is 19.0 Å². The van der Waals surface area contributed by atoms with Crippen LogP contribution in [0.3, 0.4) is 0 Å². The molecule has 1 N–H and O–H groups in total. The maximum atomic E-state index is 12.8. The van der Waals surface area contributed by atoms with E-state index in [2.05, 4.69) is 13.0 Å². The van der Waals surface area contributed by atoms with Crippen LogP contribution in [0.2, 0.25) is 0 Å². The maximum Gasteiger partial charge on any atom is 0.228 e. The molecule has 4 rings (SSSR count). The van der Waals surface area contributed by atoms with Gasteiger partial charge in [-0.15, -0.1) is 0 Å². The Hall–Kier alpha value is -3.02. The Balaban J connectivity index is 1.33. The van der Waals surface area contributed by atoms with Crippen molar-refractivity contribution in [3.8, 4) is 11.5 Å². The largest absolute Gasteiger partial charge is 0.508 e. The van der Waals surface area contributed by atoms with Crippen LogP contribution in [0.15, 0.2) is 48.5 Å². The van der Waals surface area contributed by atoms with Gasteiger partial charge in [0, 0.05) is 24.7 Å². The van der Waals surface area contributed by atoms with E-state index >= 15 is 0 Å². The molecule has 0 bridgehead atoms. The molecule has 6 heteroatoms. The van der Waals surface area contributed by atoms with Gasteiger partial charge in [0.1, 0.15) is 17.6 Å². The summed E-state index contributed by atoms with van der Waals surface area (Å²) < 4.78 is 6.04. The second kappa shape index (κ2) is 7.54. The number of anilines is 1. The fraction of sp³-hybridized carbons (Fsp3) is 0.364. The van der Waals surface area contributed by atoms with E-state index in [0.717, 1.165) is 17.7 Å². The highest BCUT2D eigenvalue weighted by Gasteiger charge is 2.41. The van der Waals surface area contributed by atoms with Gasteiger partial charge in [0.25, 0.3) is 0 Å². The molecule has 2 aromatic rings. The van der Waals surface area contributed by atoms with E-state index in [1.165, 1.54) is 0 Å². The highest BCUT2D eigenvalue weighted by Crippen LogP contribution is 2.30. The number of rotatable bonds is 5. The Bertz CT molecular complexity index is 892. The summed E-state index contributed by atoms with van der Waals surface area (Å²) in [6.45, 7) is 3.54. The van der Waals surface area contributed by atoms with Crippen molar-refractivity contribution in [1.29, 1.82) is 0 Å². The van der Waals surface area contributed by atoms with Gasteiger partial charge in [-0.25, -0.2) is 0 Å². The standard InChI is InChI=1S/C22H24N2O4/c1-2-15-6-3-4-9-20(15)28-19-13-23(14-19)22(27)16-10-21(26)24(12-16)17-7-5-8-18(25)11-17/h3-9,11,16,19,25H,2,10,12-14H2,1H3/t16-/m0/s1. The minimum atomic E-state index is -0.348. The molecule has 2 aromatic carbocycles. The van der Waals surface area contributed by atoms with E-state index in [-0.39, 0.29) is 36.0 Å². The van der Waals surface area contributed by atoms with Crippen LogP contribution in [0.4, 0.5) is 5.69 Å². The van der Waals surface area contributed by atoms with Gasteiger partial charge in [-0.3, -0.25) is 9.59 Å². The van der Waals surface area contributed by atoms with Gasteiger partial charge in [-0.2, -0.15) is 0 Å². The van der Waals surface area contributed by atoms with Crippen molar-refractivity contribution in [1.82, 2.24) is 4.90 Å². The second-order valence-electron chi connectivity index (χ2n) is 7.37. The molecule has 1 atom stereocenters. The van der Waals surface area contributed by atoms with Gasteiger partial charge in [0.2, 0.25) is 11.8 Å². The van der Waals surface area contributed by atoms with Crippen molar-refractivity contribution < 1.29 is 19.4 Å². The lowest BCUT2D eigenvalue weighted by Gasteiger charge is -2.40. The predicted octanol–water partition coefficient (Wildman–Crippen LogP) is 2.60. The van der Waals surface area contributed by atoms with Crippen LogP contribution < -0.4 is 9.64 Å². The number of hydrogen-bond donors (Lipinski definition) is 1. The number of carbonyl (C=O) groups is 2. The van der Waals surface area contributed by atoms with Crippen LogP contribution in [0, 0.1) is 5.92 Å². The van der Waals surface area contributed by atoms with Crippen molar-refractivity contribution >= 4 is 17.5 Å². The number of hydrogen-bond acceptors (Lipinski definition) is 4. The normalized spacial score (nSPS) is 19.6. The lowest BCUT2D eigenvalue weighted by Crippen LogP contribution is -2.57. The molecule has 0 radical (unpaired) electrons. The minimum Gasteiger partial charge on any atom is -0.508 e. The first kappa shape index (κ1) is 18.3. The first-order valence-corrected chi connectivity index (χ1v) is 9.68. The Morgan fingerprint density at radius 1 is 1.14 bits per heavy atom. The van der Waals surface area contributed by atoms with Crippen molar-refractivity contribution in [3.63, 3.8) is 0 Å². The van der Waals surface area contributed by atoms with Crippen LogP contribution >= 0.6 is 0 Å². The van der Waals surface area contributed by atoms with E-state index in [1.807, 2.05) is 18.2 Å². The number of ether oxygens (including phenoxy) is 1. The zero-order valence-corrected chi connectivity index (χ0v) is 15.9. The number of likely N-dealkylation sites (tertiary alicyclic amines) is 1. The summed E-state index contributed by atoms with van der Waals surface area (Å²) in [5.74, 6) is 0.552. The smallest absolute Gasteiger partial charge is 0.228 e. The number of phenolic OH excluding ortho intramolecular Hbond substituents is 1. The van der Waals surface area contributed by atoms with Gasteiger partial charge in [0.15, 0.2) is 0 Å². The molecule has 0 aromatic heterocycles. The van der Waals surface area contributed by atoms with E-state index in [4.69, 9.17) is 4.74 Å². The number of nitrogens with zero attached hydrogens (tertiary/aromatic N) is 2. The lowest BCUT2D eigenvalue weighted by atomic mass is 10.0. The number of carbonyl (C=O) groups excluding carboxylic acids is 2. The third-order valence-electron chi connectivity index (χ3n) is 5.42. The molecule has 0 unspecified atom stereocenters. The summed E-state index contributed by atoms with van der Waals surface area (Å²) in [5.41, 5.74) is 1.79. The SMILES string of the molecule is CCc1ccccc1OC1CN(C(=O)[C@H]2CC(=O)N(c3cccc(O)c3)C2)C1. The summed E-state index contributed by atoms with van der Waals surface area (Å²) in [7, 11) is 0. The number of amides is 2. The summed E-state index contributed by atoms with van der Waals surface area (Å²) in [6.07, 6.45) is 1.10. The second-order valence-corrected chi connectivity index (χ2v) is 7.37. The molecule has 2 amide bonds. The van der Waals surface area contributed by atoms with Crippen molar-refractivity contribution in [2.24, 2.45) is 5.92 Å². The number of phenols is 1. The Morgan fingerprint density at radius 2 is 1.93 bits per heavy atom. The van der Waals surface area contributed by atoms with Crippen molar-refractivity contribution in [2.45, 2.75) is 25.9 Å². The molecular formula is C22H24N2O4. The van der Waals surface area contributed by atoms with Crippen LogP contribution in [-0.2, 0) is 16.0 Å². The Kier molecular flexibility index (Phi) is 4.94. The summed E-state index contributed by atoms with van der Waals surface area (Å²) in [4.78, 5) is 28.5. The monoisotopic (exact) mass is 380 g/mol. The highest BCUT2D eigenvalue weighted by molar-refractivity contribution is 6.00. The first-order valence-electron chi connectivity index (χ1n) is 9.68. The lowest BCUT2D eigenvalue weighted by molar-refractivity contribution is -0.144. The summed E-state index contributed by atoms with van der Waals surface area (Å²) in [5, 5.41) is 9.63. The van der Waals surface area contributed by atoms with Crippen molar-refractivity contribution in [2.75, 3.05) is 24.5 Å².